The number of sulfonamides is 1. The lowest BCUT2D eigenvalue weighted by Crippen LogP contribution is -2.35. The van der Waals surface area contributed by atoms with Gasteiger partial charge < -0.3 is 19.1 Å². The van der Waals surface area contributed by atoms with Crippen molar-refractivity contribution in [2.75, 3.05) is 39.1 Å². The number of fused-ring (bicyclic) bond motifs is 1. The molecule has 5 rings (SSSR count). The normalized spacial score (nSPS) is 15.2. The predicted molar refractivity (Wildman–Crippen MR) is 155 cm³/mol. The Bertz CT molecular complexity index is 1790. The number of piperidine rings is 1. The molecule has 0 bridgehead atoms. The van der Waals surface area contributed by atoms with E-state index in [-0.39, 0.29) is 35.4 Å². The van der Waals surface area contributed by atoms with Crippen LogP contribution >= 0.6 is 0 Å². The van der Waals surface area contributed by atoms with E-state index in [1.54, 1.807) is 52.9 Å². The number of benzene rings is 1. The molecular weight excluding hydrogens is 562 g/mol. The molecule has 4 heterocycles. The molecule has 3 aromatic heterocycles. The summed E-state index contributed by atoms with van der Waals surface area (Å²) < 4.78 is 46.6. The Kier molecular flexibility index (Phi) is 8.12. The SMILES string of the molecule is CCOc1cccc(-c2nc3ncc(NS(=O)(=O)C#C[C@@H]4CCN(C)C(=O)C4)nc3n2-c2c(OC)cccc2OC)n1. The first-order chi connectivity index (χ1) is 20.2. The van der Waals surface area contributed by atoms with Gasteiger partial charge in [-0.25, -0.2) is 19.9 Å². The highest BCUT2D eigenvalue weighted by molar-refractivity contribution is 7.97. The average molecular weight is 592 g/mol. The van der Waals surface area contributed by atoms with Gasteiger partial charge in [-0.2, -0.15) is 8.42 Å². The van der Waals surface area contributed by atoms with Crippen molar-refractivity contribution in [2.45, 2.75) is 19.8 Å². The lowest BCUT2D eigenvalue weighted by atomic mass is 9.98. The molecule has 1 N–H and O–H groups in total. The molecule has 4 aromatic rings. The summed E-state index contributed by atoms with van der Waals surface area (Å²) in [5.41, 5.74) is 1.35. The monoisotopic (exact) mass is 591 g/mol. The van der Waals surface area contributed by atoms with Gasteiger partial charge in [0.1, 0.15) is 22.9 Å². The Morgan fingerprint density at radius 3 is 2.50 bits per heavy atom. The molecule has 0 spiro atoms. The molecule has 0 unspecified atom stereocenters. The molecule has 0 aliphatic carbocycles. The van der Waals surface area contributed by atoms with E-state index in [1.807, 2.05) is 6.92 Å². The number of rotatable bonds is 8. The smallest absolute Gasteiger partial charge is 0.303 e. The van der Waals surface area contributed by atoms with Gasteiger partial charge in [0.2, 0.25) is 11.8 Å². The summed E-state index contributed by atoms with van der Waals surface area (Å²) in [6, 6.07) is 10.6. The molecule has 1 aliphatic rings. The molecule has 13 nitrogen and oxygen atoms in total. The summed E-state index contributed by atoms with van der Waals surface area (Å²) in [6.45, 7) is 2.81. The van der Waals surface area contributed by atoms with Crippen molar-refractivity contribution >= 4 is 33.0 Å². The third kappa shape index (κ3) is 5.91. The van der Waals surface area contributed by atoms with Crippen LogP contribution in [0.1, 0.15) is 19.8 Å². The highest BCUT2D eigenvalue weighted by Crippen LogP contribution is 2.38. The van der Waals surface area contributed by atoms with Crippen molar-refractivity contribution in [1.29, 1.82) is 0 Å². The van der Waals surface area contributed by atoms with Gasteiger partial charge in [0.05, 0.1) is 27.0 Å². The van der Waals surface area contributed by atoms with Crippen LogP contribution in [0, 0.1) is 17.1 Å². The Labute approximate surface area is 242 Å². The van der Waals surface area contributed by atoms with Crippen LogP contribution in [0.25, 0.3) is 28.5 Å². The zero-order valence-electron chi connectivity index (χ0n) is 23.5. The van der Waals surface area contributed by atoms with Crippen molar-refractivity contribution in [3.05, 3.63) is 42.6 Å². The van der Waals surface area contributed by atoms with E-state index < -0.39 is 10.0 Å². The van der Waals surface area contributed by atoms with Crippen molar-refractivity contribution in [1.82, 2.24) is 29.4 Å². The molecule has 42 heavy (non-hydrogen) atoms. The Morgan fingerprint density at radius 1 is 1.07 bits per heavy atom. The van der Waals surface area contributed by atoms with E-state index in [1.165, 1.54) is 20.4 Å². The fourth-order valence-electron chi connectivity index (χ4n) is 4.50. The van der Waals surface area contributed by atoms with E-state index in [9.17, 15) is 13.2 Å². The second kappa shape index (κ2) is 11.9. The van der Waals surface area contributed by atoms with Crippen LogP contribution in [0.4, 0.5) is 5.82 Å². The zero-order chi connectivity index (χ0) is 29.9. The maximum absolute atomic E-state index is 12.9. The number of ether oxygens (including phenoxy) is 3. The van der Waals surface area contributed by atoms with Gasteiger partial charge in [-0.1, -0.05) is 18.1 Å². The molecule has 1 atom stereocenters. The van der Waals surface area contributed by atoms with E-state index in [2.05, 4.69) is 35.8 Å². The second-order valence-corrected chi connectivity index (χ2v) is 10.8. The number of amides is 1. The fourth-order valence-corrected chi connectivity index (χ4v) is 5.24. The molecular formula is C28H29N7O6S. The van der Waals surface area contributed by atoms with Crippen molar-refractivity contribution in [3.63, 3.8) is 0 Å². The van der Waals surface area contributed by atoms with Gasteiger partial charge in [-0.05, 0) is 31.5 Å². The minimum atomic E-state index is -4.14. The number of pyridine rings is 1. The van der Waals surface area contributed by atoms with Crippen LogP contribution in [0.15, 0.2) is 42.6 Å². The first-order valence-electron chi connectivity index (χ1n) is 13.1. The van der Waals surface area contributed by atoms with Gasteiger partial charge in [0.25, 0.3) is 0 Å². The maximum Gasteiger partial charge on any atom is 0.303 e. The van der Waals surface area contributed by atoms with Crippen LogP contribution < -0.4 is 18.9 Å². The number of aromatic nitrogens is 5. The van der Waals surface area contributed by atoms with E-state index in [4.69, 9.17) is 14.2 Å². The molecule has 0 saturated carbocycles. The van der Waals surface area contributed by atoms with E-state index >= 15 is 0 Å². The van der Waals surface area contributed by atoms with Crippen LogP contribution in [0.5, 0.6) is 17.4 Å². The quantitative estimate of drug-likeness (QED) is 0.303. The third-order valence-corrected chi connectivity index (χ3v) is 7.40. The molecule has 1 amide bonds. The van der Waals surface area contributed by atoms with Crippen LogP contribution in [0.2, 0.25) is 0 Å². The van der Waals surface area contributed by atoms with Gasteiger partial charge in [0.15, 0.2) is 22.9 Å². The van der Waals surface area contributed by atoms with Crippen LogP contribution in [0.3, 0.4) is 0 Å². The van der Waals surface area contributed by atoms with Crippen LogP contribution in [-0.2, 0) is 14.8 Å². The summed E-state index contributed by atoms with van der Waals surface area (Å²) in [7, 11) is 0.611. The number of nitrogens with one attached hydrogen (secondary N) is 1. The number of methoxy groups -OCH3 is 2. The lowest BCUT2D eigenvalue weighted by Gasteiger charge is -2.25. The third-order valence-electron chi connectivity index (χ3n) is 6.54. The summed E-state index contributed by atoms with van der Waals surface area (Å²) >= 11 is 0. The number of carbonyl (C=O) groups excluding carboxylic acids is 1. The Morgan fingerprint density at radius 2 is 1.81 bits per heavy atom. The van der Waals surface area contributed by atoms with Crippen molar-refractivity contribution in [3.8, 4) is 45.8 Å². The zero-order valence-corrected chi connectivity index (χ0v) is 24.3. The number of hydrogen-bond donors (Lipinski definition) is 1. The summed E-state index contributed by atoms with van der Waals surface area (Å²) in [5, 5.41) is 2.28. The number of anilines is 1. The largest absolute Gasteiger partial charge is 0.494 e. The maximum atomic E-state index is 12.9. The van der Waals surface area contributed by atoms with Gasteiger partial charge in [0, 0.05) is 37.2 Å². The minimum absolute atomic E-state index is 0.0701. The average Bonchev–Trinajstić information content (AvgIpc) is 3.36. The number of imidazole rings is 1. The molecule has 1 aromatic carbocycles. The molecule has 0 radical (unpaired) electrons. The lowest BCUT2D eigenvalue weighted by molar-refractivity contribution is -0.132. The summed E-state index contributed by atoms with van der Waals surface area (Å²) in [6.07, 6.45) is 2.02. The highest BCUT2D eigenvalue weighted by Gasteiger charge is 2.25. The van der Waals surface area contributed by atoms with Crippen molar-refractivity contribution < 1.29 is 27.4 Å². The van der Waals surface area contributed by atoms with Gasteiger partial charge >= 0.3 is 10.0 Å². The fraction of sp³-hybridized carbons (Fsp3) is 0.321. The molecule has 1 aliphatic heterocycles. The minimum Gasteiger partial charge on any atom is -0.494 e. The number of hydrogen-bond acceptors (Lipinski definition) is 10. The number of para-hydroxylation sites is 1. The van der Waals surface area contributed by atoms with Crippen LogP contribution in [-0.4, -0.2) is 78.1 Å². The topological polar surface area (TPSA) is 151 Å². The molecule has 218 valence electrons. The molecule has 1 saturated heterocycles. The Balaban J connectivity index is 1.61. The summed E-state index contributed by atoms with van der Waals surface area (Å²) in [4.78, 5) is 31.8. The van der Waals surface area contributed by atoms with E-state index in [0.717, 1.165) is 0 Å². The standard InChI is InChI=1S/C28H29N7O6S/c1-5-41-23-11-6-8-19(30-23)27-32-26-28(35(27)25-20(39-3)9-7-10-21(25)40-4)31-22(17-29-26)33-42(37,38)15-13-18-12-14-34(2)24(36)16-18/h6-11,17-18H,5,12,14,16H2,1-4H3,(H,31,33)/t18-/m0/s1. The molecule has 14 heteroatoms. The number of nitrogens with zero attached hydrogens (tertiary/aromatic N) is 6. The number of carbonyl (C=O) groups is 1. The van der Waals surface area contributed by atoms with E-state index in [0.29, 0.717) is 54.2 Å². The summed E-state index contributed by atoms with van der Waals surface area (Å²) in [5.74, 6) is 3.86. The van der Waals surface area contributed by atoms with Crippen molar-refractivity contribution in [2.24, 2.45) is 5.92 Å². The first kappa shape index (κ1) is 28.6. The highest BCUT2D eigenvalue weighted by atomic mass is 32.2. The van der Waals surface area contributed by atoms with Gasteiger partial charge in [-0.3, -0.25) is 14.1 Å². The predicted octanol–water partition coefficient (Wildman–Crippen LogP) is 2.86. The number of likely N-dealkylation sites (tertiary alicyclic amines) is 1. The molecule has 1 fully saturated rings. The second-order valence-electron chi connectivity index (χ2n) is 9.34. The van der Waals surface area contributed by atoms with Gasteiger partial charge in [-0.15, -0.1) is 0 Å². The Hall–Kier alpha value is -4.90. The first-order valence-corrected chi connectivity index (χ1v) is 14.6.